The molecule has 0 atom stereocenters. The predicted octanol–water partition coefficient (Wildman–Crippen LogP) is 7.54. The molecule has 0 spiro atoms. The van der Waals surface area contributed by atoms with Gasteiger partial charge in [0, 0.05) is 21.4 Å². The van der Waals surface area contributed by atoms with Gasteiger partial charge < -0.3 is 9.31 Å². The van der Waals surface area contributed by atoms with Gasteiger partial charge in [0.2, 0.25) is 7.29 Å². The van der Waals surface area contributed by atoms with Crippen molar-refractivity contribution in [1.82, 2.24) is 4.34 Å². The van der Waals surface area contributed by atoms with Crippen LogP contribution in [0.25, 0.3) is 32.9 Å². The molecule has 0 N–H and O–H groups in total. The lowest BCUT2D eigenvalue weighted by Crippen LogP contribution is -2.41. The van der Waals surface area contributed by atoms with E-state index in [1.54, 1.807) is 0 Å². The van der Waals surface area contributed by atoms with Crippen LogP contribution in [0.15, 0.2) is 127 Å². The summed E-state index contributed by atoms with van der Waals surface area (Å²) in [6.07, 6.45) is 0. The van der Waals surface area contributed by atoms with E-state index in [1.807, 2.05) is 72.8 Å². The third-order valence-electron chi connectivity index (χ3n) is 8.89. The first-order valence-corrected chi connectivity index (χ1v) is 16.1. The van der Waals surface area contributed by atoms with Crippen LogP contribution in [0.5, 0.6) is 0 Å². The fraction of sp³-hybridized carbons (Fsp3) is 0.167. The van der Waals surface area contributed by atoms with Crippen LogP contribution < -0.4 is 16.1 Å². The smallest absolute Gasteiger partial charge is 0.399 e. The van der Waals surface area contributed by atoms with Crippen molar-refractivity contribution in [3.63, 3.8) is 0 Å². The lowest BCUT2D eigenvalue weighted by molar-refractivity contribution is 0.00578. The number of nitrogens with zero attached hydrogens (tertiary/aromatic N) is 1. The average Bonchev–Trinajstić information content (AvgIpc) is 3.46. The highest BCUT2D eigenvalue weighted by Gasteiger charge is 2.51. The number of rotatable bonds is 5. The fourth-order valence-electron chi connectivity index (χ4n) is 5.92. The molecule has 0 saturated carbocycles. The Balaban J connectivity index is 1.41. The summed E-state index contributed by atoms with van der Waals surface area (Å²) in [6, 6.07) is 42.8. The van der Waals surface area contributed by atoms with Crippen molar-refractivity contribution in [1.29, 1.82) is 0 Å². The minimum Gasteiger partial charge on any atom is -0.399 e. The number of hydrogen-bond donors (Lipinski definition) is 0. The van der Waals surface area contributed by atoms with Gasteiger partial charge in [-0.2, -0.15) is 0 Å². The van der Waals surface area contributed by atoms with Crippen LogP contribution in [-0.2, 0) is 13.9 Å². The molecule has 2 heterocycles. The van der Waals surface area contributed by atoms with Gasteiger partial charge in [-0.1, -0.05) is 84.9 Å². The summed E-state index contributed by atoms with van der Waals surface area (Å²) in [6.45, 7) is 8.29. The molecular weight excluding hydrogens is 536 g/mol. The van der Waals surface area contributed by atoms with E-state index in [-0.39, 0.29) is 0 Å². The van der Waals surface area contributed by atoms with Gasteiger partial charge in [0.1, 0.15) is 0 Å². The zero-order valence-corrected chi connectivity index (χ0v) is 25.2. The molecule has 7 rings (SSSR count). The van der Waals surface area contributed by atoms with E-state index < -0.39 is 25.6 Å². The van der Waals surface area contributed by atoms with Crippen molar-refractivity contribution in [2.24, 2.45) is 0 Å². The lowest BCUT2D eigenvalue weighted by atomic mass is 9.78. The van der Waals surface area contributed by atoms with E-state index in [0.717, 1.165) is 49.0 Å². The molecule has 0 bridgehead atoms. The molecule has 5 aromatic carbocycles. The molecule has 6 heteroatoms. The molecule has 1 saturated heterocycles. The van der Waals surface area contributed by atoms with E-state index in [2.05, 4.69) is 86.6 Å². The Morgan fingerprint density at radius 3 is 1.76 bits per heavy atom. The molecule has 0 amide bonds. The van der Waals surface area contributed by atoms with E-state index in [1.165, 1.54) is 0 Å². The first kappa shape index (κ1) is 27.0. The lowest BCUT2D eigenvalue weighted by Gasteiger charge is -2.32. The maximum Gasteiger partial charge on any atom is 0.494 e. The standard InChI is InChI=1S/C36H33BNO3P/c1-35(2)36(3,4)41-37(40-35)28-15-13-14-26(24-28)27-22-23-34-32(25-27)31-20-11-12-21-33(31)38(34)42(39,29-16-7-5-8-17-29)30-18-9-6-10-19-30/h5-25H,1-4H3. The Morgan fingerprint density at radius 2 is 1.12 bits per heavy atom. The molecule has 1 fully saturated rings. The maximum absolute atomic E-state index is 15.5. The molecule has 0 radical (unpaired) electrons. The van der Waals surface area contributed by atoms with E-state index in [0.29, 0.717) is 0 Å². The topological polar surface area (TPSA) is 40.5 Å². The van der Waals surface area contributed by atoms with Crippen LogP contribution in [0.4, 0.5) is 0 Å². The van der Waals surface area contributed by atoms with Crippen LogP contribution in [0.2, 0.25) is 0 Å². The minimum absolute atomic E-state index is 0.403. The van der Waals surface area contributed by atoms with Crippen molar-refractivity contribution in [3.05, 3.63) is 127 Å². The normalized spacial score (nSPS) is 16.3. The van der Waals surface area contributed by atoms with E-state index in [4.69, 9.17) is 9.31 Å². The summed E-state index contributed by atoms with van der Waals surface area (Å²) >= 11 is 0. The fourth-order valence-corrected chi connectivity index (χ4v) is 8.79. The van der Waals surface area contributed by atoms with Crippen LogP contribution in [-0.4, -0.2) is 22.7 Å². The van der Waals surface area contributed by atoms with Crippen LogP contribution in [0, 0.1) is 0 Å². The van der Waals surface area contributed by atoms with Gasteiger partial charge in [-0.25, -0.2) is 0 Å². The third-order valence-corrected chi connectivity index (χ3v) is 11.9. The highest BCUT2D eigenvalue weighted by molar-refractivity contribution is 7.77. The second-order valence-electron chi connectivity index (χ2n) is 12.0. The summed E-state index contributed by atoms with van der Waals surface area (Å²) < 4.78 is 30.2. The minimum atomic E-state index is -3.27. The molecule has 1 aliphatic rings. The monoisotopic (exact) mass is 569 g/mol. The van der Waals surface area contributed by atoms with Gasteiger partial charge in [-0.05, 0) is 86.7 Å². The third kappa shape index (κ3) is 4.19. The molecule has 4 nitrogen and oxygen atoms in total. The highest BCUT2D eigenvalue weighted by atomic mass is 31.2. The molecule has 6 aromatic rings. The Hall–Kier alpha value is -3.89. The van der Waals surface area contributed by atoms with Gasteiger partial charge in [0.15, 0.2) is 0 Å². The predicted molar refractivity (Wildman–Crippen MR) is 176 cm³/mol. The Bertz CT molecular complexity index is 1920. The molecule has 1 aliphatic heterocycles. The Morgan fingerprint density at radius 1 is 0.571 bits per heavy atom. The van der Waals surface area contributed by atoms with Gasteiger partial charge in [-0.3, -0.25) is 8.90 Å². The van der Waals surface area contributed by atoms with E-state index in [9.17, 15) is 0 Å². The summed E-state index contributed by atoms with van der Waals surface area (Å²) in [7, 11) is -3.70. The number of benzene rings is 5. The molecule has 0 unspecified atom stereocenters. The highest BCUT2D eigenvalue weighted by Crippen LogP contribution is 2.51. The molecular formula is C36H33BNO3P. The molecule has 42 heavy (non-hydrogen) atoms. The second-order valence-corrected chi connectivity index (χ2v) is 14.6. The summed E-state index contributed by atoms with van der Waals surface area (Å²) in [5.41, 5.74) is 4.24. The van der Waals surface area contributed by atoms with Crippen LogP contribution in [0.1, 0.15) is 27.7 Å². The van der Waals surface area contributed by atoms with Crippen molar-refractivity contribution >= 4 is 52.3 Å². The van der Waals surface area contributed by atoms with Gasteiger partial charge in [0.05, 0.1) is 22.2 Å². The summed E-state index contributed by atoms with van der Waals surface area (Å²) in [5, 5.41) is 3.75. The average molecular weight is 569 g/mol. The molecule has 208 valence electrons. The Labute approximate surface area is 247 Å². The first-order chi connectivity index (χ1) is 20.2. The number of para-hydroxylation sites is 1. The SMILES string of the molecule is CC1(C)OB(c2cccc(-c3ccc4c(c3)c3ccccc3n4P(=O)(c3ccccc3)c3ccccc3)c2)OC1(C)C. The van der Waals surface area contributed by atoms with Crippen LogP contribution in [0.3, 0.4) is 0 Å². The van der Waals surface area contributed by atoms with Crippen molar-refractivity contribution in [2.45, 2.75) is 38.9 Å². The number of hydrogen-bond acceptors (Lipinski definition) is 3. The zero-order valence-electron chi connectivity index (χ0n) is 24.3. The quantitative estimate of drug-likeness (QED) is 0.159. The maximum atomic E-state index is 15.5. The van der Waals surface area contributed by atoms with Gasteiger partial charge in [-0.15, -0.1) is 0 Å². The zero-order chi connectivity index (χ0) is 29.1. The van der Waals surface area contributed by atoms with Gasteiger partial charge >= 0.3 is 7.12 Å². The molecule has 1 aromatic heterocycles. The van der Waals surface area contributed by atoms with E-state index >= 15 is 4.57 Å². The summed E-state index contributed by atoms with van der Waals surface area (Å²) in [5.74, 6) is 0. The van der Waals surface area contributed by atoms with Crippen LogP contribution >= 0.6 is 7.29 Å². The second kappa shape index (κ2) is 9.85. The number of fused-ring (bicyclic) bond motifs is 3. The summed E-state index contributed by atoms with van der Waals surface area (Å²) in [4.78, 5) is 0. The van der Waals surface area contributed by atoms with Crippen molar-refractivity contribution in [2.75, 3.05) is 0 Å². The van der Waals surface area contributed by atoms with Crippen molar-refractivity contribution in [3.8, 4) is 11.1 Å². The number of aromatic nitrogens is 1. The largest absolute Gasteiger partial charge is 0.494 e. The molecule has 0 aliphatic carbocycles. The van der Waals surface area contributed by atoms with Gasteiger partial charge in [0.25, 0.3) is 0 Å². The van der Waals surface area contributed by atoms with Crippen molar-refractivity contribution < 1.29 is 13.9 Å². The first-order valence-electron chi connectivity index (χ1n) is 14.4. The Kier molecular flexibility index (Phi) is 6.33.